The molecule has 0 unspecified atom stereocenters. The van der Waals surface area contributed by atoms with Gasteiger partial charge >= 0.3 is 0 Å². The first-order valence-corrected chi connectivity index (χ1v) is 6.48. The van der Waals surface area contributed by atoms with Crippen molar-refractivity contribution in [3.63, 3.8) is 0 Å². The standard InChI is InChI=1S/C15H13BrN2/c1-11-6-7-12(9-17)8-15(11)18-10-13-4-2-3-5-14(13)16/h2-8,18H,10H2,1H3. The fourth-order valence-electron chi connectivity index (χ4n) is 1.71. The summed E-state index contributed by atoms with van der Waals surface area (Å²) in [7, 11) is 0. The molecule has 0 bridgehead atoms. The molecule has 2 rings (SSSR count). The van der Waals surface area contributed by atoms with Crippen molar-refractivity contribution >= 4 is 21.6 Å². The van der Waals surface area contributed by atoms with Crippen LogP contribution >= 0.6 is 15.9 Å². The van der Waals surface area contributed by atoms with Gasteiger partial charge in [0, 0.05) is 16.7 Å². The number of anilines is 1. The molecule has 0 aliphatic heterocycles. The van der Waals surface area contributed by atoms with Gasteiger partial charge in [-0.3, -0.25) is 0 Å². The van der Waals surface area contributed by atoms with Crippen molar-refractivity contribution < 1.29 is 0 Å². The molecule has 0 aliphatic rings. The van der Waals surface area contributed by atoms with Crippen LogP contribution in [0.15, 0.2) is 46.9 Å². The molecule has 0 fully saturated rings. The highest BCUT2D eigenvalue weighted by Gasteiger charge is 2.02. The van der Waals surface area contributed by atoms with Gasteiger partial charge in [-0.25, -0.2) is 0 Å². The monoisotopic (exact) mass is 300 g/mol. The topological polar surface area (TPSA) is 35.8 Å². The van der Waals surface area contributed by atoms with Crippen molar-refractivity contribution in [2.24, 2.45) is 0 Å². The lowest BCUT2D eigenvalue weighted by atomic mass is 10.1. The van der Waals surface area contributed by atoms with Gasteiger partial charge in [0.2, 0.25) is 0 Å². The van der Waals surface area contributed by atoms with Gasteiger partial charge in [-0.2, -0.15) is 5.26 Å². The van der Waals surface area contributed by atoms with Gasteiger partial charge in [0.15, 0.2) is 0 Å². The van der Waals surface area contributed by atoms with Crippen LogP contribution < -0.4 is 5.32 Å². The van der Waals surface area contributed by atoms with Crippen LogP contribution in [0.5, 0.6) is 0 Å². The number of hydrogen-bond acceptors (Lipinski definition) is 2. The third-order valence-electron chi connectivity index (χ3n) is 2.79. The van der Waals surface area contributed by atoms with Gasteiger partial charge in [-0.05, 0) is 36.2 Å². The molecule has 0 amide bonds. The largest absolute Gasteiger partial charge is 0.381 e. The van der Waals surface area contributed by atoms with Crippen molar-refractivity contribution in [2.45, 2.75) is 13.5 Å². The number of rotatable bonds is 3. The summed E-state index contributed by atoms with van der Waals surface area (Å²) in [6.07, 6.45) is 0. The van der Waals surface area contributed by atoms with E-state index in [0.29, 0.717) is 5.56 Å². The van der Waals surface area contributed by atoms with Gasteiger partial charge in [0.05, 0.1) is 11.6 Å². The van der Waals surface area contributed by atoms with Gasteiger partial charge < -0.3 is 5.32 Å². The molecule has 1 N–H and O–H groups in total. The fraction of sp³-hybridized carbons (Fsp3) is 0.133. The molecule has 18 heavy (non-hydrogen) atoms. The SMILES string of the molecule is Cc1ccc(C#N)cc1NCc1ccccc1Br. The zero-order chi connectivity index (χ0) is 13.0. The second-order valence-electron chi connectivity index (χ2n) is 4.09. The van der Waals surface area contributed by atoms with Crippen LogP contribution in [-0.2, 0) is 6.54 Å². The lowest BCUT2D eigenvalue weighted by Gasteiger charge is -2.11. The van der Waals surface area contributed by atoms with Crippen molar-refractivity contribution in [3.05, 3.63) is 63.6 Å². The third-order valence-corrected chi connectivity index (χ3v) is 3.57. The number of nitriles is 1. The molecule has 0 aromatic heterocycles. The Bertz CT molecular complexity index is 600. The second kappa shape index (κ2) is 5.70. The average molecular weight is 301 g/mol. The quantitative estimate of drug-likeness (QED) is 0.920. The highest BCUT2D eigenvalue weighted by molar-refractivity contribution is 9.10. The maximum Gasteiger partial charge on any atom is 0.0992 e. The van der Waals surface area contributed by atoms with Crippen LogP contribution in [0.1, 0.15) is 16.7 Å². The minimum atomic E-state index is 0.676. The van der Waals surface area contributed by atoms with E-state index in [4.69, 9.17) is 5.26 Å². The zero-order valence-electron chi connectivity index (χ0n) is 10.1. The summed E-state index contributed by atoms with van der Waals surface area (Å²) >= 11 is 3.52. The first-order chi connectivity index (χ1) is 8.70. The molecule has 90 valence electrons. The summed E-state index contributed by atoms with van der Waals surface area (Å²) in [5, 5.41) is 12.3. The van der Waals surface area contributed by atoms with E-state index >= 15 is 0 Å². The second-order valence-corrected chi connectivity index (χ2v) is 4.94. The van der Waals surface area contributed by atoms with E-state index in [0.717, 1.165) is 22.3 Å². The Kier molecular flexibility index (Phi) is 4.01. The molecule has 0 atom stereocenters. The predicted octanol–water partition coefficient (Wildman–Crippen LogP) is 4.24. The van der Waals surface area contributed by atoms with Gasteiger partial charge in [-0.1, -0.05) is 40.2 Å². The summed E-state index contributed by atoms with van der Waals surface area (Å²) in [5.74, 6) is 0. The molecule has 2 aromatic carbocycles. The van der Waals surface area contributed by atoms with Crippen LogP contribution in [0.3, 0.4) is 0 Å². The maximum absolute atomic E-state index is 8.90. The van der Waals surface area contributed by atoms with Crippen molar-refractivity contribution in [1.29, 1.82) is 5.26 Å². The third kappa shape index (κ3) is 2.91. The van der Waals surface area contributed by atoms with E-state index in [1.807, 2.05) is 43.3 Å². The van der Waals surface area contributed by atoms with Crippen LogP contribution in [0.4, 0.5) is 5.69 Å². The van der Waals surface area contributed by atoms with Crippen LogP contribution in [-0.4, -0.2) is 0 Å². The number of hydrogen-bond donors (Lipinski definition) is 1. The number of halogens is 1. The molecule has 0 radical (unpaired) electrons. The molecule has 0 heterocycles. The highest BCUT2D eigenvalue weighted by Crippen LogP contribution is 2.20. The normalized spacial score (nSPS) is 9.83. The van der Waals surface area contributed by atoms with E-state index < -0.39 is 0 Å². The molecular formula is C15H13BrN2. The zero-order valence-corrected chi connectivity index (χ0v) is 11.7. The summed E-state index contributed by atoms with van der Waals surface area (Å²) in [5.41, 5.74) is 4.01. The Hall–Kier alpha value is -1.79. The Morgan fingerprint density at radius 1 is 1.22 bits per heavy atom. The first kappa shape index (κ1) is 12.7. The van der Waals surface area contributed by atoms with Crippen molar-refractivity contribution in [1.82, 2.24) is 0 Å². The van der Waals surface area contributed by atoms with E-state index in [1.165, 1.54) is 5.56 Å². The van der Waals surface area contributed by atoms with Gasteiger partial charge in [-0.15, -0.1) is 0 Å². The van der Waals surface area contributed by atoms with E-state index in [-0.39, 0.29) is 0 Å². The summed E-state index contributed by atoms with van der Waals surface area (Å²) in [6.45, 7) is 2.76. The number of nitrogens with one attached hydrogen (secondary N) is 1. The number of nitrogens with zero attached hydrogens (tertiary/aromatic N) is 1. The predicted molar refractivity (Wildman–Crippen MR) is 77.4 cm³/mol. The minimum absolute atomic E-state index is 0.676. The molecule has 0 spiro atoms. The molecule has 0 saturated heterocycles. The highest BCUT2D eigenvalue weighted by atomic mass is 79.9. The summed E-state index contributed by atoms with van der Waals surface area (Å²) in [4.78, 5) is 0. The Morgan fingerprint density at radius 3 is 2.72 bits per heavy atom. The number of benzene rings is 2. The fourth-order valence-corrected chi connectivity index (χ4v) is 2.14. The van der Waals surface area contributed by atoms with E-state index in [1.54, 1.807) is 0 Å². The Balaban J connectivity index is 2.16. The lowest BCUT2D eigenvalue weighted by Crippen LogP contribution is -2.02. The van der Waals surface area contributed by atoms with Crippen LogP contribution in [0.2, 0.25) is 0 Å². The summed E-state index contributed by atoms with van der Waals surface area (Å²) < 4.78 is 1.09. The maximum atomic E-state index is 8.90. The Morgan fingerprint density at radius 2 is 2.00 bits per heavy atom. The first-order valence-electron chi connectivity index (χ1n) is 5.69. The van der Waals surface area contributed by atoms with Crippen molar-refractivity contribution in [2.75, 3.05) is 5.32 Å². The van der Waals surface area contributed by atoms with Gasteiger partial charge in [0.25, 0.3) is 0 Å². The summed E-state index contributed by atoms with van der Waals surface area (Å²) in [6, 6.07) is 15.9. The van der Waals surface area contributed by atoms with E-state index in [9.17, 15) is 0 Å². The number of aryl methyl sites for hydroxylation is 1. The van der Waals surface area contributed by atoms with Crippen molar-refractivity contribution in [3.8, 4) is 6.07 Å². The Labute approximate surface area is 115 Å². The average Bonchev–Trinajstić information content (AvgIpc) is 2.39. The molecule has 3 heteroatoms. The van der Waals surface area contributed by atoms with Crippen LogP contribution in [0.25, 0.3) is 0 Å². The molecule has 0 aliphatic carbocycles. The lowest BCUT2D eigenvalue weighted by molar-refractivity contribution is 1.13. The molecule has 2 aromatic rings. The van der Waals surface area contributed by atoms with E-state index in [2.05, 4.69) is 33.4 Å². The van der Waals surface area contributed by atoms with Crippen LogP contribution in [0, 0.1) is 18.3 Å². The molecule has 2 nitrogen and oxygen atoms in total. The molecule has 0 saturated carbocycles. The smallest absolute Gasteiger partial charge is 0.0992 e. The minimum Gasteiger partial charge on any atom is -0.381 e. The molecular weight excluding hydrogens is 288 g/mol. The van der Waals surface area contributed by atoms with Gasteiger partial charge in [0.1, 0.15) is 0 Å².